The predicted molar refractivity (Wildman–Crippen MR) is 121 cm³/mol. The molecule has 0 bridgehead atoms. The minimum atomic E-state index is -3.61. The van der Waals surface area contributed by atoms with E-state index in [0.717, 1.165) is 46.4 Å². The lowest BCUT2D eigenvalue weighted by Gasteiger charge is -2.11. The van der Waals surface area contributed by atoms with E-state index in [0.29, 0.717) is 10.6 Å². The van der Waals surface area contributed by atoms with Crippen molar-refractivity contribution in [2.24, 2.45) is 0 Å². The Hall–Kier alpha value is -3.12. The van der Waals surface area contributed by atoms with Crippen molar-refractivity contribution in [3.63, 3.8) is 0 Å². The molecule has 0 spiro atoms. The Labute approximate surface area is 177 Å². The number of anilines is 1. The third-order valence-electron chi connectivity index (χ3n) is 5.16. The summed E-state index contributed by atoms with van der Waals surface area (Å²) in [5.74, 6) is 0.954. The Morgan fingerprint density at radius 2 is 1.57 bits per heavy atom. The molecule has 6 heteroatoms. The molecule has 2 N–H and O–H groups in total. The Morgan fingerprint density at radius 1 is 0.867 bits per heavy atom. The Kier molecular flexibility index (Phi) is 5.35. The summed E-state index contributed by atoms with van der Waals surface area (Å²) in [5.41, 5.74) is 6.69. The van der Waals surface area contributed by atoms with E-state index in [4.69, 9.17) is 0 Å². The first-order valence-electron chi connectivity index (χ1n) is 9.94. The Morgan fingerprint density at radius 3 is 2.30 bits per heavy atom. The van der Waals surface area contributed by atoms with Gasteiger partial charge >= 0.3 is 0 Å². The molecule has 0 unspecified atom stereocenters. The average molecular weight is 420 g/mol. The van der Waals surface area contributed by atoms with Crippen molar-refractivity contribution in [3.05, 3.63) is 88.7 Å². The van der Waals surface area contributed by atoms with Gasteiger partial charge in [0, 0.05) is 12.1 Å². The first-order valence-corrected chi connectivity index (χ1v) is 11.4. The number of hydrogen-bond donors (Lipinski definition) is 2. The smallest absolute Gasteiger partial charge is 0.262 e. The van der Waals surface area contributed by atoms with Crippen molar-refractivity contribution in [3.8, 4) is 0 Å². The summed E-state index contributed by atoms with van der Waals surface area (Å²) in [5, 5.41) is 0. The molecule has 0 saturated heterocycles. The lowest BCUT2D eigenvalue weighted by atomic mass is 10.1. The van der Waals surface area contributed by atoms with Crippen LogP contribution >= 0.6 is 0 Å². The summed E-state index contributed by atoms with van der Waals surface area (Å²) < 4.78 is 28.1. The molecule has 30 heavy (non-hydrogen) atoms. The number of rotatable bonds is 6. The molecular formula is C24H25N3O2S. The predicted octanol–water partition coefficient (Wildman–Crippen LogP) is 5.07. The van der Waals surface area contributed by atoms with E-state index in [1.807, 2.05) is 44.2 Å². The first kappa shape index (κ1) is 20.2. The van der Waals surface area contributed by atoms with Gasteiger partial charge in [-0.2, -0.15) is 0 Å². The summed E-state index contributed by atoms with van der Waals surface area (Å²) in [6, 6.07) is 19.0. The van der Waals surface area contributed by atoms with Crippen LogP contribution in [0.3, 0.4) is 0 Å². The molecule has 0 radical (unpaired) electrons. The van der Waals surface area contributed by atoms with Crippen molar-refractivity contribution in [2.45, 2.75) is 38.5 Å². The molecule has 0 aliphatic rings. The van der Waals surface area contributed by atoms with E-state index in [9.17, 15) is 8.42 Å². The highest BCUT2D eigenvalue weighted by molar-refractivity contribution is 7.92. The molecule has 3 aromatic carbocycles. The molecule has 0 amide bonds. The van der Waals surface area contributed by atoms with Gasteiger partial charge in [-0.3, -0.25) is 4.72 Å². The van der Waals surface area contributed by atoms with Gasteiger partial charge in [0.05, 0.1) is 15.9 Å². The van der Waals surface area contributed by atoms with Crippen molar-refractivity contribution >= 4 is 26.7 Å². The van der Waals surface area contributed by atoms with E-state index in [-0.39, 0.29) is 0 Å². The molecule has 1 heterocycles. The highest BCUT2D eigenvalue weighted by Crippen LogP contribution is 2.21. The standard InChI is InChI=1S/C24H25N3O2S/c1-16-5-12-23(18(3)14-16)30(28,29)27-20-9-6-19(7-10-20)8-13-24-25-21-11-4-17(2)15-22(21)26-24/h4-7,9-12,14-15,27H,8,13H2,1-3H3,(H,25,26). The molecule has 0 aliphatic carbocycles. The second-order valence-corrected chi connectivity index (χ2v) is 9.43. The maximum atomic E-state index is 12.7. The average Bonchev–Trinajstić information content (AvgIpc) is 3.09. The summed E-state index contributed by atoms with van der Waals surface area (Å²) in [6.07, 6.45) is 1.62. The number of hydrogen-bond acceptors (Lipinski definition) is 3. The maximum absolute atomic E-state index is 12.7. The van der Waals surface area contributed by atoms with Gasteiger partial charge in [-0.1, -0.05) is 35.9 Å². The Balaban J connectivity index is 1.43. The van der Waals surface area contributed by atoms with Crippen LogP contribution in [-0.4, -0.2) is 18.4 Å². The van der Waals surface area contributed by atoms with Crippen LogP contribution in [0.4, 0.5) is 5.69 Å². The topological polar surface area (TPSA) is 74.8 Å². The zero-order chi connectivity index (χ0) is 21.3. The molecule has 0 fully saturated rings. The van der Waals surface area contributed by atoms with Crippen molar-refractivity contribution in [2.75, 3.05) is 4.72 Å². The SMILES string of the molecule is Cc1ccc(S(=O)(=O)Nc2ccc(CCc3nc4ccc(C)cc4[nH]3)cc2)c(C)c1. The number of aromatic nitrogens is 2. The van der Waals surface area contributed by atoms with Gasteiger partial charge in [-0.05, 0) is 74.2 Å². The van der Waals surface area contributed by atoms with E-state index in [1.165, 1.54) is 5.56 Å². The normalized spacial score (nSPS) is 11.7. The number of H-pyrrole nitrogens is 1. The van der Waals surface area contributed by atoms with Crippen molar-refractivity contribution in [1.82, 2.24) is 9.97 Å². The van der Waals surface area contributed by atoms with Gasteiger partial charge in [0.25, 0.3) is 10.0 Å². The van der Waals surface area contributed by atoms with Gasteiger partial charge in [-0.25, -0.2) is 13.4 Å². The minimum Gasteiger partial charge on any atom is -0.342 e. The van der Waals surface area contributed by atoms with Crippen molar-refractivity contribution < 1.29 is 8.42 Å². The number of nitrogens with zero attached hydrogens (tertiary/aromatic N) is 1. The zero-order valence-electron chi connectivity index (χ0n) is 17.4. The maximum Gasteiger partial charge on any atom is 0.262 e. The molecule has 4 rings (SSSR count). The molecule has 0 aliphatic heterocycles. The molecular weight excluding hydrogens is 394 g/mol. The van der Waals surface area contributed by atoms with E-state index >= 15 is 0 Å². The second-order valence-electron chi connectivity index (χ2n) is 7.78. The van der Waals surface area contributed by atoms with Crippen LogP contribution in [0, 0.1) is 20.8 Å². The van der Waals surface area contributed by atoms with Gasteiger partial charge in [0.2, 0.25) is 0 Å². The number of sulfonamides is 1. The van der Waals surface area contributed by atoms with E-state index in [1.54, 1.807) is 18.2 Å². The molecule has 0 saturated carbocycles. The highest BCUT2D eigenvalue weighted by Gasteiger charge is 2.16. The number of nitrogens with one attached hydrogen (secondary N) is 2. The number of fused-ring (bicyclic) bond motifs is 1. The first-order chi connectivity index (χ1) is 14.3. The molecule has 0 atom stereocenters. The largest absolute Gasteiger partial charge is 0.342 e. The van der Waals surface area contributed by atoms with Crippen LogP contribution in [0.5, 0.6) is 0 Å². The van der Waals surface area contributed by atoms with Crippen LogP contribution in [0.2, 0.25) is 0 Å². The highest BCUT2D eigenvalue weighted by atomic mass is 32.2. The van der Waals surface area contributed by atoms with Crippen molar-refractivity contribution in [1.29, 1.82) is 0 Å². The third kappa shape index (κ3) is 4.39. The van der Waals surface area contributed by atoms with Gasteiger partial charge in [0.1, 0.15) is 5.82 Å². The number of aryl methyl sites for hydroxylation is 5. The van der Waals surface area contributed by atoms with Gasteiger partial charge in [-0.15, -0.1) is 0 Å². The summed E-state index contributed by atoms with van der Waals surface area (Å²) in [6.45, 7) is 5.82. The minimum absolute atomic E-state index is 0.303. The fourth-order valence-electron chi connectivity index (χ4n) is 3.61. The zero-order valence-corrected chi connectivity index (χ0v) is 18.2. The second kappa shape index (κ2) is 7.95. The summed E-state index contributed by atoms with van der Waals surface area (Å²) in [7, 11) is -3.61. The van der Waals surface area contributed by atoms with Gasteiger partial charge < -0.3 is 4.98 Å². The van der Waals surface area contributed by atoms with Crippen LogP contribution in [0.1, 0.15) is 28.1 Å². The lowest BCUT2D eigenvalue weighted by molar-refractivity contribution is 0.600. The lowest BCUT2D eigenvalue weighted by Crippen LogP contribution is -2.14. The van der Waals surface area contributed by atoms with E-state index in [2.05, 4.69) is 33.7 Å². The molecule has 1 aromatic heterocycles. The van der Waals surface area contributed by atoms with E-state index < -0.39 is 10.0 Å². The summed E-state index contributed by atoms with van der Waals surface area (Å²) in [4.78, 5) is 8.31. The molecule has 4 aromatic rings. The quantitative estimate of drug-likeness (QED) is 0.458. The fourth-order valence-corrected chi connectivity index (χ4v) is 4.89. The molecule has 154 valence electrons. The van der Waals surface area contributed by atoms with Crippen LogP contribution in [0.25, 0.3) is 11.0 Å². The Bertz CT molecular complexity index is 1310. The monoisotopic (exact) mass is 419 g/mol. The third-order valence-corrected chi connectivity index (χ3v) is 6.70. The van der Waals surface area contributed by atoms with Crippen LogP contribution in [-0.2, 0) is 22.9 Å². The fraction of sp³-hybridized carbons (Fsp3) is 0.208. The number of benzene rings is 3. The number of imidazole rings is 1. The summed E-state index contributed by atoms with van der Waals surface area (Å²) >= 11 is 0. The number of aromatic amines is 1. The van der Waals surface area contributed by atoms with Crippen LogP contribution < -0.4 is 4.72 Å². The molecule has 5 nitrogen and oxygen atoms in total. The van der Waals surface area contributed by atoms with Crippen LogP contribution in [0.15, 0.2) is 65.6 Å². The van der Waals surface area contributed by atoms with Gasteiger partial charge in [0.15, 0.2) is 0 Å².